The average molecular weight is 253 g/mol. The van der Waals surface area contributed by atoms with Gasteiger partial charge in [-0.15, -0.1) is 0 Å². The fourth-order valence-electron chi connectivity index (χ4n) is 0. The Balaban J connectivity index is 0. The Morgan fingerprint density at radius 1 is 0.556 bits per heavy atom. The molecule has 0 aliphatic rings. The molecule has 0 rings (SSSR count). The summed E-state index contributed by atoms with van der Waals surface area (Å²) in [4.78, 5) is 0. The van der Waals surface area contributed by atoms with Crippen LogP contribution < -0.4 is 0 Å². The van der Waals surface area contributed by atoms with Crippen LogP contribution in [0.1, 0.15) is 7.43 Å². The Bertz CT molecular complexity index is 63.3. The van der Waals surface area contributed by atoms with Crippen LogP contribution >= 0.6 is 69.6 Å². The smallest absolute Gasteiger partial charge is 0.0788 e. The van der Waals surface area contributed by atoms with E-state index in [4.69, 9.17) is 69.6 Å². The van der Waals surface area contributed by atoms with Gasteiger partial charge in [-0.25, -0.2) is 0 Å². The maximum absolute atomic E-state index is 5.14. The molecule has 9 heavy (non-hydrogen) atoms. The second kappa shape index (κ2) is 3.94. The third-order valence-corrected chi connectivity index (χ3v) is 2.89. The summed E-state index contributed by atoms with van der Waals surface area (Å²) in [5, 5.41) is 0. The van der Waals surface area contributed by atoms with E-state index in [1.165, 1.54) is 0 Å². The van der Waals surface area contributed by atoms with Crippen molar-refractivity contribution in [2.24, 2.45) is 0 Å². The van der Waals surface area contributed by atoms with Gasteiger partial charge >= 0.3 is 0 Å². The Morgan fingerprint density at radius 3 is 0.667 bits per heavy atom. The minimum Gasteiger partial charge on any atom is -0.0788 e. The van der Waals surface area contributed by atoms with E-state index in [1.54, 1.807) is 0 Å². The first-order valence-electron chi connectivity index (χ1n) is 1.38. The zero-order chi connectivity index (χ0) is 7.00. The van der Waals surface area contributed by atoms with Gasteiger partial charge < -0.3 is 0 Å². The van der Waals surface area contributed by atoms with Crippen LogP contribution in [0.15, 0.2) is 0 Å². The SMILES string of the molecule is C.ClC(Cl)(Cl)C(Cl)(Cl)Cl. The minimum atomic E-state index is -1.85. The molecule has 58 valence electrons. The van der Waals surface area contributed by atoms with E-state index in [2.05, 4.69) is 0 Å². The van der Waals surface area contributed by atoms with E-state index in [0.29, 0.717) is 0 Å². The third-order valence-electron chi connectivity index (χ3n) is 0.321. The Hall–Kier alpha value is 1.74. The summed E-state index contributed by atoms with van der Waals surface area (Å²) in [6.07, 6.45) is 0. The van der Waals surface area contributed by atoms with Gasteiger partial charge in [-0.05, 0) is 0 Å². The molecule has 0 aromatic heterocycles. The molecular formula is C3H4Cl6. The number of rotatable bonds is 0. The fourth-order valence-corrected chi connectivity index (χ4v) is 0. The summed E-state index contributed by atoms with van der Waals surface area (Å²) in [6.45, 7) is 0. The molecule has 0 unspecified atom stereocenters. The van der Waals surface area contributed by atoms with Gasteiger partial charge in [0, 0.05) is 0 Å². The zero-order valence-corrected chi connectivity index (χ0v) is 7.80. The van der Waals surface area contributed by atoms with E-state index in [-0.39, 0.29) is 7.43 Å². The van der Waals surface area contributed by atoms with Crippen molar-refractivity contribution in [3.05, 3.63) is 0 Å². The lowest BCUT2D eigenvalue weighted by Crippen LogP contribution is -2.23. The second-order valence-electron chi connectivity index (χ2n) is 0.996. The first-order valence-corrected chi connectivity index (χ1v) is 3.65. The van der Waals surface area contributed by atoms with Gasteiger partial charge in [-0.3, -0.25) is 0 Å². The van der Waals surface area contributed by atoms with Gasteiger partial charge in [0.15, 0.2) is 0 Å². The number of hydrogen-bond donors (Lipinski definition) is 0. The van der Waals surface area contributed by atoms with Crippen molar-refractivity contribution in [2.75, 3.05) is 0 Å². The highest BCUT2D eigenvalue weighted by molar-refractivity contribution is 6.83. The van der Waals surface area contributed by atoms with Crippen molar-refractivity contribution in [2.45, 2.75) is 15.0 Å². The van der Waals surface area contributed by atoms with Crippen LogP contribution in [0.4, 0.5) is 0 Å². The summed E-state index contributed by atoms with van der Waals surface area (Å²) >= 11 is 30.9. The van der Waals surface area contributed by atoms with Crippen molar-refractivity contribution < 1.29 is 0 Å². The van der Waals surface area contributed by atoms with Gasteiger partial charge in [0.25, 0.3) is 0 Å². The van der Waals surface area contributed by atoms with Crippen LogP contribution in [0.2, 0.25) is 0 Å². The average Bonchev–Trinajstić information content (AvgIpc) is 1.25. The van der Waals surface area contributed by atoms with Crippen molar-refractivity contribution in [1.29, 1.82) is 0 Å². The largest absolute Gasteiger partial charge is 0.236 e. The molecule has 0 nitrogen and oxygen atoms in total. The molecule has 0 heterocycles. The molecule has 0 saturated carbocycles. The third kappa shape index (κ3) is 5.06. The summed E-state index contributed by atoms with van der Waals surface area (Å²) in [5.41, 5.74) is 0. The Labute approximate surface area is 84.3 Å². The molecule has 6 heteroatoms. The monoisotopic (exact) mass is 250 g/mol. The molecule has 0 fully saturated rings. The van der Waals surface area contributed by atoms with E-state index in [9.17, 15) is 0 Å². The van der Waals surface area contributed by atoms with Crippen LogP contribution in [0.25, 0.3) is 0 Å². The molecule has 0 amide bonds. The molecule has 0 N–H and O–H groups in total. The normalized spacial score (nSPS) is 12.7. The number of alkyl halides is 6. The molecule has 0 atom stereocenters. The molecule has 0 aliphatic carbocycles. The van der Waals surface area contributed by atoms with Crippen LogP contribution in [0.3, 0.4) is 0 Å². The number of halogens is 6. The van der Waals surface area contributed by atoms with Crippen LogP contribution in [0, 0.1) is 0 Å². The summed E-state index contributed by atoms with van der Waals surface area (Å²) in [6, 6.07) is 0. The Morgan fingerprint density at radius 2 is 0.667 bits per heavy atom. The predicted molar refractivity (Wildman–Crippen MR) is 47.3 cm³/mol. The van der Waals surface area contributed by atoms with Crippen molar-refractivity contribution in [1.82, 2.24) is 0 Å². The Kier molecular flexibility index (Phi) is 5.84. The zero-order valence-electron chi connectivity index (χ0n) is 3.27. The standard InChI is InChI=1S/C2Cl6.CH4/c3-1(4,5)2(6,7)8;/h;1H4. The van der Waals surface area contributed by atoms with Gasteiger partial charge in [0.2, 0.25) is 7.59 Å². The molecule has 0 radical (unpaired) electrons. The topological polar surface area (TPSA) is 0 Å². The number of hydrogen-bond acceptors (Lipinski definition) is 0. The molecule has 0 bridgehead atoms. The van der Waals surface area contributed by atoms with Gasteiger partial charge in [-0.1, -0.05) is 77.0 Å². The predicted octanol–water partition coefficient (Wildman–Crippen LogP) is 4.36. The fraction of sp³-hybridized carbons (Fsp3) is 1.00. The molecule has 0 aromatic carbocycles. The van der Waals surface area contributed by atoms with Crippen LogP contribution in [-0.2, 0) is 0 Å². The van der Waals surface area contributed by atoms with E-state index in [1.807, 2.05) is 0 Å². The maximum Gasteiger partial charge on any atom is 0.236 e. The summed E-state index contributed by atoms with van der Waals surface area (Å²) in [5.74, 6) is 0. The van der Waals surface area contributed by atoms with Crippen LogP contribution in [-0.4, -0.2) is 7.59 Å². The maximum atomic E-state index is 5.14. The highest BCUT2D eigenvalue weighted by Gasteiger charge is 2.43. The van der Waals surface area contributed by atoms with Crippen molar-refractivity contribution >= 4 is 69.6 Å². The summed E-state index contributed by atoms with van der Waals surface area (Å²) < 4.78 is -3.70. The van der Waals surface area contributed by atoms with Gasteiger partial charge in [-0.2, -0.15) is 0 Å². The molecular weight excluding hydrogens is 249 g/mol. The van der Waals surface area contributed by atoms with Crippen molar-refractivity contribution in [3.8, 4) is 0 Å². The summed E-state index contributed by atoms with van der Waals surface area (Å²) in [7, 11) is 0. The molecule has 0 aliphatic heterocycles. The van der Waals surface area contributed by atoms with Gasteiger partial charge in [0.1, 0.15) is 0 Å². The van der Waals surface area contributed by atoms with Crippen LogP contribution in [0.5, 0.6) is 0 Å². The van der Waals surface area contributed by atoms with Crippen molar-refractivity contribution in [3.63, 3.8) is 0 Å². The molecule has 0 aromatic rings. The lowest BCUT2D eigenvalue weighted by Gasteiger charge is -2.19. The second-order valence-corrected chi connectivity index (χ2v) is 5.56. The van der Waals surface area contributed by atoms with Gasteiger partial charge in [0.05, 0.1) is 0 Å². The van der Waals surface area contributed by atoms with E-state index < -0.39 is 7.59 Å². The lowest BCUT2D eigenvalue weighted by molar-refractivity contribution is 1.10. The first kappa shape index (κ1) is 13.3. The minimum absolute atomic E-state index is 0. The first-order chi connectivity index (χ1) is 3.25. The highest BCUT2D eigenvalue weighted by Crippen LogP contribution is 2.48. The highest BCUT2D eigenvalue weighted by atomic mass is 35.6. The quantitative estimate of drug-likeness (QED) is 0.562. The lowest BCUT2D eigenvalue weighted by atomic mass is 10.9. The van der Waals surface area contributed by atoms with E-state index >= 15 is 0 Å². The molecule has 0 spiro atoms. The van der Waals surface area contributed by atoms with E-state index in [0.717, 1.165) is 0 Å². The molecule has 0 saturated heterocycles.